The summed E-state index contributed by atoms with van der Waals surface area (Å²) >= 11 is 0. The number of hydrogen-bond donors (Lipinski definition) is 3. The Bertz CT molecular complexity index is 2080. The number of carbonyl (C=O) groups excluding carboxylic acids is 4. The predicted molar refractivity (Wildman–Crippen MR) is 451 cm³/mol. The van der Waals surface area contributed by atoms with Gasteiger partial charge in [-0.3, -0.25) is 37.3 Å². The molecular formula is C90H176O17P2. The zero-order valence-corrected chi connectivity index (χ0v) is 73.7. The fraction of sp³-hybridized carbons (Fsp3) is 0.956. The molecule has 3 N–H and O–H groups in total. The molecule has 0 amide bonds. The summed E-state index contributed by atoms with van der Waals surface area (Å²) < 4.78 is 69.0. The second kappa shape index (κ2) is 81.2. The summed E-state index contributed by atoms with van der Waals surface area (Å²) in [6.07, 6.45) is 75.1. The number of esters is 4. The average molecular weight is 1590 g/mol. The van der Waals surface area contributed by atoms with Crippen molar-refractivity contribution >= 4 is 39.5 Å². The van der Waals surface area contributed by atoms with Crippen LogP contribution in [0.2, 0.25) is 0 Å². The van der Waals surface area contributed by atoms with E-state index in [-0.39, 0.29) is 25.7 Å². The van der Waals surface area contributed by atoms with Crippen LogP contribution in [0.3, 0.4) is 0 Å². The van der Waals surface area contributed by atoms with Crippen LogP contribution >= 0.6 is 15.6 Å². The lowest BCUT2D eigenvalue weighted by molar-refractivity contribution is -0.161. The predicted octanol–water partition coefficient (Wildman–Crippen LogP) is 27.8. The molecule has 0 aromatic rings. The van der Waals surface area contributed by atoms with Gasteiger partial charge in [-0.25, -0.2) is 9.13 Å². The summed E-state index contributed by atoms with van der Waals surface area (Å²) in [5.74, 6) is -0.559. The first-order valence-electron chi connectivity index (χ1n) is 46.5. The Morgan fingerprint density at radius 3 is 0.624 bits per heavy atom. The fourth-order valence-corrected chi connectivity index (χ4v) is 15.7. The summed E-state index contributed by atoms with van der Waals surface area (Å²) in [5.41, 5.74) is 0. The first-order chi connectivity index (χ1) is 52.9. The van der Waals surface area contributed by atoms with E-state index in [9.17, 15) is 43.2 Å². The third-order valence-corrected chi connectivity index (χ3v) is 23.1. The van der Waals surface area contributed by atoms with E-state index >= 15 is 0 Å². The second-order valence-corrected chi connectivity index (χ2v) is 36.2. The van der Waals surface area contributed by atoms with Crippen LogP contribution in [-0.2, 0) is 65.4 Å². The van der Waals surface area contributed by atoms with Gasteiger partial charge in [0.15, 0.2) is 12.2 Å². The molecule has 0 aliphatic carbocycles. The molecule has 0 aromatic heterocycles. The van der Waals surface area contributed by atoms with Crippen molar-refractivity contribution in [1.29, 1.82) is 0 Å². The van der Waals surface area contributed by atoms with Crippen LogP contribution in [0.5, 0.6) is 0 Å². The van der Waals surface area contributed by atoms with E-state index in [2.05, 4.69) is 41.5 Å². The Balaban J connectivity index is 5.24. The van der Waals surface area contributed by atoms with Crippen LogP contribution in [0.1, 0.15) is 485 Å². The summed E-state index contributed by atoms with van der Waals surface area (Å²) in [5, 5.41) is 10.7. The lowest BCUT2D eigenvalue weighted by Crippen LogP contribution is -2.30. The second-order valence-electron chi connectivity index (χ2n) is 33.3. The van der Waals surface area contributed by atoms with Crippen molar-refractivity contribution in [2.24, 2.45) is 11.8 Å². The number of phosphoric ester groups is 2. The van der Waals surface area contributed by atoms with Crippen molar-refractivity contribution < 1.29 is 80.2 Å². The zero-order valence-electron chi connectivity index (χ0n) is 71.9. The van der Waals surface area contributed by atoms with Crippen molar-refractivity contribution in [2.75, 3.05) is 39.6 Å². The van der Waals surface area contributed by atoms with E-state index < -0.39 is 97.5 Å². The van der Waals surface area contributed by atoms with Crippen LogP contribution in [0.15, 0.2) is 0 Å². The number of hydrogen-bond acceptors (Lipinski definition) is 15. The van der Waals surface area contributed by atoms with Gasteiger partial charge >= 0.3 is 39.5 Å². The molecule has 0 radical (unpaired) electrons. The number of aliphatic hydroxyl groups is 1. The van der Waals surface area contributed by atoms with Gasteiger partial charge in [-0.15, -0.1) is 0 Å². The largest absolute Gasteiger partial charge is 0.472 e. The molecule has 0 heterocycles. The first kappa shape index (κ1) is 107. The third-order valence-electron chi connectivity index (χ3n) is 21.2. The normalized spacial score (nSPS) is 13.8. The molecular weight excluding hydrogens is 1410 g/mol. The maximum Gasteiger partial charge on any atom is 0.472 e. The SMILES string of the molecule is CCCCCCCCCCCCCCCCCCCCCCCCC(=O)O[C@H](COC(=O)CCCCCCCCCCCCCCCCCCCC)COP(=O)(O)OC[C@@H](O)COP(=O)(O)OC[C@@H](COC(=O)CCCCCCCCCCCC(C)C)OC(=O)CCCCCCCCCCCCCCCCC(C)C. The molecule has 0 rings (SSSR count). The molecule has 0 bridgehead atoms. The highest BCUT2D eigenvalue weighted by atomic mass is 31.2. The maximum absolute atomic E-state index is 13.2. The quantitative estimate of drug-likeness (QED) is 0.0222. The molecule has 0 aliphatic heterocycles. The monoisotopic (exact) mass is 1590 g/mol. The van der Waals surface area contributed by atoms with Gasteiger partial charge < -0.3 is 33.8 Å². The van der Waals surface area contributed by atoms with E-state index in [1.165, 1.54) is 302 Å². The Kier molecular flexibility index (Phi) is 79.8. The summed E-state index contributed by atoms with van der Waals surface area (Å²) in [6, 6.07) is 0. The molecule has 0 aromatic carbocycles. The van der Waals surface area contributed by atoms with E-state index in [4.69, 9.17) is 37.0 Å². The molecule has 0 aliphatic rings. The van der Waals surface area contributed by atoms with Crippen molar-refractivity contribution in [1.82, 2.24) is 0 Å². The topological polar surface area (TPSA) is 237 Å². The van der Waals surface area contributed by atoms with Crippen molar-refractivity contribution in [3.63, 3.8) is 0 Å². The minimum Gasteiger partial charge on any atom is -0.462 e. The summed E-state index contributed by atoms with van der Waals surface area (Å²) in [4.78, 5) is 73.4. The molecule has 19 heteroatoms. The molecule has 5 atom stereocenters. The Hall–Kier alpha value is -1.94. The number of unbranched alkanes of at least 4 members (excludes halogenated alkanes) is 59. The number of rotatable bonds is 89. The van der Waals surface area contributed by atoms with Crippen LogP contribution in [-0.4, -0.2) is 96.7 Å². The van der Waals surface area contributed by atoms with Crippen molar-refractivity contribution in [2.45, 2.75) is 503 Å². The van der Waals surface area contributed by atoms with Crippen LogP contribution in [0.25, 0.3) is 0 Å². The fourth-order valence-electron chi connectivity index (χ4n) is 14.1. The molecule has 0 spiro atoms. The lowest BCUT2D eigenvalue weighted by Gasteiger charge is -2.21. The Morgan fingerprint density at radius 1 is 0.248 bits per heavy atom. The van der Waals surface area contributed by atoms with Gasteiger partial charge in [0.2, 0.25) is 0 Å². The minimum absolute atomic E-state index is 0.108. The maximum atomic E-state index is 13.2. The third kappa shape index (κ3) is 83.8. The van der Waals surface area contributed by atoms with Gasteiger partial charge in [-0.1, -0.05) is 433 Å². The zero-order chi connectivity index (χ0) is 79.9. The van der Waals surface area contributed by atoms with Gasteiger partial charge in [0.25, 0.3) is 0 Å². The standard InChI is InChI=1S/C90H176O17P2/c1-7-9-11-13-15-17-19-21-23-25-27-28-29-30-32-34-39-43-49-56-62-68-74-89(94)106-85(78-100-87(92)72-66-60-54-48-42-38-33-31-26-24-22-20-18-16-14-12-10-8-2)80-104-108(96,97)102-76-84(91)77-103-109(98,99)105-81-86(79-101-88(93)73-67-61-55-51-45-47-53-59-65-71-83(5)6)107-90(95)75-69-63-57-50-44-40-36-35-37-41-46-52-58-64-70-82(3)4/h82-86,91H,7-81H2,1-6H3,(H,96,97)(H,98,99)/t84-,85-,86-/m1/s1. The number of ether oxygens (including phenoxy) is 4. The molecule has 2 unspecified atom stereocenters. The van der Waals surface area contributed by atoms with Gasteiger partial charge in [0.05, 0.1) is 26.4 Å². The number of aliphatic hydroxyl groups excluding tert-OH is 1. The van der Waals surface area contributed by atoms with E-state index in [0.717, 1.165) is 102 Å². The van der Waals surface area contributed by atoms with Gasteiger partial charge in [0, 0.05) is 25.7 Å². The van der Waals surface area contributed by atoms with Gasteiger partial charge in [-0.05, 0) is 37.5 Å². The average Bonchev–Trinajstić information content (AvgIpc) is 0.900. The smallest absolute Gasteiger partial charge is 0.462 e. The highest BCUT2D eigenvalue weighted by molar-refractivity contribution is 7.47. The summed E-state index contributed by atoms with van der Waals surface area (Å²) in [6.45, 7) is 9.70. The van der Waals surface area contributed by atoms with E-state index in [1.54, 1.807) is 0 Å². The van der Waals surface area contributed by atoms with Gasteiger partial charge in [0.1, 0.15) is 19.3 Å². The minimum atomic E-state index is -4.97. The molecule has 648 valence electrons. The van der Waals surface area contributed by atoms with E-state index in [1.807, 2.05) is 0 Å². The number of carbonyl (C=O) groups is 4. The van der Waals surface area contributed by atoms with E-state index in [0.29, 0.717) is 25.7 Å². The molecule has 17 nitrogen and oxygen atoms in total. The highest BCUT2D eigenvalue weighted by Crippen LogP contribution is 2.45. The first-order valence-corrected chi connectivity index (χ1v) is 49.5. The Morgan fingerprint density at radius 2 is 0.422 bits per heavy atom. The van der Waals surface area contributed by atoms with Crippen LogP contribution in [0, 0.1) is 11.8 Å². The van der Waals surface area contributed by atoms with Crippen LogP contribution in [0.4, 0.5) is 0 Å². The highest BCUT2D eigenvalue weighted by Gasteiger charge is 2.31. The Labute approximate surface area is 670 Å². The van der Waals surface area contributed by atoms with Gasteiger partial charge in [-0.2, -0.15) is 0 Å². The van der Waals surface area contributed by atoms with Crippen molar-refractivity contribution in [3.8, 4) is 0 Å². The molecule has 0 saturated heterocycles. The van der Waals surface area contributed by atoms with Crippen LogP contribution < -0.4 is 0 Å². The molecule has 0 fully saturated rings. The lowest BCUT2D eigenvalue weighted by atomic mass is 10.0. The van der Waals surface area contributed by atoms with Crippen molar-refractivity contribution in [3.05, 3.63) is 0 Å². The molecule has 109 heavy (non-hydrogen) atoms. The molecule has 0 saturated carbocycles. The number of phosphoric acid groups is 2. The summed E-state index contributed by atoms with van der Waals surface area (Å²) in [7, 11) is -9.93.